The maximum Gasteiger partial charge on any atom is 0.203 e. The standard InChI is InChI=1S/C18H22N2O3/c1-20(2)15-8-6-14(7-9-15)19-12-13-10-16(21-3)18(23-5)17(11-13)22-4/h6-12H,1-5H3. The summed E-state index contributed by atoms with van der Waals surface area (Å²) in [6.45, 7) is 0. The Morgan fingerprint density at radius 3 is 1.87 bits per heavy atom. The number of methoxy groups -OCH3 is 3. The van der Waals surface area contributed by atoms with Crippen molar-refractivity contribution in [2.45, 2.75) is 0 Å². The number of hydrogen-bond acceptors (Lipinski definition) is 5. The lowest BCUT2D eigenvalue weighted by atomic mass is 10.2. The molecule has 0 aliphatic rings. The van der Waals surface area contributed by atoms with Crippen molar-refractivity contribution in [1.29, 1.82) is 0 Å². The molecule has 0 unspecified atom stereocenters. The summed E-state index contributed by atoms with van der Waals surface area (Å²) in [7, 11) is 8.79. The summed E-state index contributed by atoms with van der Waals surface area (Å²) < 4.78 is 16.0. The van der Waals surface area contributed by atoms with Crippen molar-refractivity contribution in [3.8, 4) is 17.2 Å². The molecule has 0 aliphatic heterocycles. The third kappa shape index (κ3) is 3.94. The van der Waals surface area contributed by atoms with Crippen LogP contribution in [0.5, 0.6) is 17.2 Å². The summed E-state index contributed by atoms with van der Waals surface area (Å²) in [5.41, 5.74) is 2.89. The number of aliphatic imine (C=N–C) groups is 1. The number of anilines is 1. The van der Waals surface area contributed by atoms with Gasteiger partial charge in [-0.3, -0.25) is 4.99 Å². The van der Waals surface area contributed by atoms with E-state index in [4.69, 9.17) is 14.2 Å². The zero-order chi connectivity index (χ0) is 16.8. The largest absolute Gasteiger partial charge is 0.493 e. The molecule has 0 saturated carbocycles. The number of rotatable bonds is 6. The van der Waals surface area contributed by atoms with Crippen molar-refractivity contribution in [1.82, 2.24) is 0 Å². The molecule has 2 aromatic carbocycles. The maximum atomic E-state index is 5.34. The molecule has 0 spiro atoms. The summed E-state index contributed by atoms with van der Waals surface area (Å²) in [6.07, 6.45) is 1.77. The van der Waals surface area contributed by atoms with Crippen LogP contribution in [0.25, 0.3) is 0 Å². The Labute approximate surface area is 137 Å². The number of ether oxygens (including phenoxy) is 3. The molecule has 0 fully saturated rings. The molecule has 5 nitrogen and oxygen atoms in total. The molecule has 2 rings (SSSR count). The van der Waals surface area contributed by atoms with E-state index >= 15 is 0 Å². The molecule has 0 heterocycles. The molecule has 0 N–H and O–H groups in total. The average Bonchev–Trinajstić information content (AvgIpc) is 2.59. The van der Waals surface area contributed by atoms with E-state index in [1.165, 1.54) is 0 Å². The van der Waals surface area contributed by atoms with Gasteiger partial charge in [-0.1, -0.05) is 0 Å². The van der Waals surface area contributed by atoms with E-state index in [0.29, 0.717) is 17.2 Å². The second-order valence-electron chi connectivity index (χ2n) is 5.13. The van der Waals surface area contributed by atoms with Crippen LogP contribution in [0.3, 0.4) is 0 Å². The summed E-state index contributed by atoms with van der Waals surface area (Å²) in [5, 5.41) is 0. The predicted octanol–water partition coefficient (Wildman–Crippen LogP) is 3.53. The van der Waals surface area contributed by atoms with Gasteiger partial charge in [0.1, 0.15) is 0 Å². The van der Waals surface area contributed by atoms with Crippen molar-refractivity contribution in [3.05, 3.63) is 42.0 Å². The van der Waals surface area contributed by atoms with Gasteiger partial charge in [-0.25, -0.2) is 0 Å². The van der Waals surface area contributed by atoms with Crippen LogP contribution < -0.4 is 19.1 Å². The van der Waals surface area contributed by atoms with Gasteiger partial charge in [-0.15, -0.1) is 0 Å². The van der Waals surface area contributed by atoms with Crippen molar-refractivity contribution in [3.63, 3.8) is 0 Å². The zero-order valence-corrected chi connectivity index (χ0v) is 14.2. The molecule has 5 heteroatoms. The molecule has 0 aromatic heterocycles. The van der Waals surface area contributed by atoms with Crippen LogP contribution in [0.15, 0.2) is 41.4 Å². The van der Waals surface area contributed by atoms with Crippen LogP contribution in [-0.4, -0.2) is 41.6 Å². The van der Waals surface area contributed by atoms with E-state index in [9.17, 15) is 0 Å². The van der Waals surface area contributed by atoms with Crippen molar-refractivity contribution >= 4 is 17.6 Å². The van der Waals surface area contributed by atoms with Gasteiger partial charge in [0.15, 0.2) is 11.5 Å². The average molecular weight is 314 g/mol. The Balaban J connectivity index is 2.28. The van der Waals surface area contributed by atoms with Gasteiger partial charge in [0.25, 0.3) is 0 Å². The first-order valence-electron chi connectivity index (χ1n) is 7.20. The lowest BCUT2D eigenvalue weighted by Crippen LogP contribution is -2.07. The van der Waals surface area contributed by atoms with Crippen LogP contribution in [0.4, 0.5) is 11.4 Å². The SMILES string of the molecule is COc1cc(C=Nc2ccc(N(C)C)cc2)cc(OC)c1OC. The zero-order valence-electron chi connectivity index (χ0n) is 14.2. The highest BCUT2D eigenvalue weighted by molar-refractivity contribution is 5.84. The molecule has 0 saturated heterocycles. The van der Waals surface area contributed by atoms with Gasteiger partial charge < -0.3 is 19.1 Å². The number of nitrogens with zero attached hydrogens (tertiary/aromatic N) is 2. The Bertz CT molecular complexity index is 654. The third-order valence-electron chi connectivity index (χ3n) is 3.42. The van der Waals surface area contributed by atoms with Crippen LogP contribution in [0, 0.1) is 0 Å². The second-order valence-corrected chi connectivity index (χ2v) is 5.13. The Morgan fingerprint density at radius 2 is 1.43 bits per heavy atom. The second kappa shape index (κ2) is 7.54. The molecule has 0 amide bonds. The minimum absolute atomic E-state index is 0.572. The normalized spacial score (nSPS) is 10.7. The smallest absolute Gasteiger partial charge is 0.203 e. The van der Waals surface area contributed by atoms with E-state index in [2.05, 4.69) is 4.99 Å². The molecule has 0 radical (unpaired) electrons. The Morgan fingerprint density at radius 1 is 0.870 bits per heavy atom. The van der Waals surface area contributed by atoms with Crippen LogP contribution in [-0.2, 0) is 0 Å². The fourth-order valence-corrected chi connectivity index (χ4v) is 2.16. The fourth-order valence-electron chi connectivity index (χ4n) is 2.16. The van der Waals surface area contributed by atoms with Gasteiger partial charge in [0.2, 0.25) is 5.75 Å². The monoisotopic (exact) mass is 314 g/mol. The first kappa shape index (κ1) is 16.7. The lowest BCUT2D eigenvalue weighted by Gasteiger charge is -2.13. The van der Waals surface area contributed by atoms with Crippen molar-refractivity contribution < 1.29 is 14.2 Å². The molecular weight excluding hydrogens is 292 g/mol. The number of hydrogen-bond donors (Lipinski definition) is 0. The van der Waals surface area contributed by atoms with E-state index in [0.717, 1.165) is 16.9 Å². The lowest BCUT2D eigenvalue weighted by molar-refractivity contribution is 0.324. The third-order valence-corrected chi connectivity index (χ3v) is 3.42. The number of benzene rings is 2. The topological polar surface area (TPSA) is 43.3 Å². The Hall–Kier alpha value is -2.69. The fraction of sp³-hybridized carbons (Fsp3) is 0.278. The van der Waals surface area contributed by atoms with Crippen molar-refractivity contribution in [2.75, 3.05) is 40.3 Å². The van der Waals surface area contributed by atoms with Gasteiger partial charge in [0.05, 0.1) is 27.0 Å². The van der Waals surface area contributed by atoms with Gasteiger partial charge in [0, 0.05) is 31.6 Å². The first-order valence-corrected chi connectivity index (χ1v) is 7.20. The highest BCUT2D eigenvalue weighted by Crippen LogP contribution is 2.37. The highest BCUT2D eigenvalue weighted by Gasteiger charge is 2.12. The maximum absolute atomic E-state index is 5.34. The highest BCUT2D eigenvalue weighted by atomic mass is 16.5. The minimum atomic E-state index is 0.572. The summed E-state index contributed by atoms with van der Waals surface area (Å²) >= 11 is 0. The van der Waals surface area contributed by atoms with E-state index in [1.807, 2.05) is 55.4 Å². The quantitative estimate of drug-likeness (QED) is 0.765. The summed E-state index contributed by atoms with van der Waals surface area (Å²) in [4.78, 5) is 6.54. The van der Waals surface area contributed by atoms with Crippen LogP contribution >= 0.6 is 0 Å². The van der Waals surface area contributed by atoms with Crippen LogP contribution in [0.1, 0.15) is 5.56 Å². The molecule has 0 aliphatic carbocycles. The summed E-state index contributed by atoms with van der Waals surface area (Å²) in [6, 6.07) is 11.7. The molecule has 0 bridgehead atoms. The van der Waals surface area contributed by atoms with Gasteiger partial charge in [-0.05, 0) is 36.4 Å². The predicted molar refractivity (Wildman–Crippen MR) is 94.1 cm³/mol. The minimum Gasteiger partial charge on any atom is -0.493 e. The van der Waals surface area contributed by atoms with Crippen LogP contribution in [0.2, 0.25) is 0 Å². The van der Waals surface area contributed by atoms with Gasteiger partial charge >= 0.3 is 0 Å². The molecule has 0 atom stereocenters. The molecular formula is C18H22N2O3. The molecule has 122 valence electrons. The first-order chi connectivity index (χ1) is 11.1. The summed E-state index contributed by atoms with van der Waals surface area (Å²) in [5.74, 6) is 1.79. The van der Waals surface area contributed by atoms with E-state index < -0.39 is 0 Å². The van der Waals surface area contributed by atoms with E-state index in [1.54, 1.807) is 27.5 Å². The Kier molecular flexibility index (Phi) is 5.46. The van der Waals surface area contributed by atoms with E-state index in [-0.39, 0.29) is 0 Å². The van der Waals surface area contributed by atoms with Gasteiger partial charge in [-0.2, -0.15) is 0 Å². The van der Waals surface area contributed by atoms with Crippen molar-refractivity contribution in [2.24, 2.45) is 4.99 Å². The molecule has 23 heavy (non-hydrogen) atoms. The molecule has 2 aromatic rings.